The third-order valence-corrected chi connectivity index (χ3v) is 4.97. The summed E-state index contributed by atoms with van der Waals surface area (Å²) in [6.07, 6.45) is -0.316. The van der Waals surface area contributed by atoms with E-state index < -0.39 is 0 Å². The van der Waals surface area contributed by atoms with Crippen molar-refractivity contribution in [2.75, 3.05) is 6.61 Å². The molecule has 118 valence electrons. The molecule has 1 atom stereocenters. The van der Waals surface area contributed by atoms with E-state index in [1.54, 1.807) is 0 Å². The van der Waals surface area contributed by atoms with Crippen LogP contribution < -0.4 is 5.32 Å². The molecule has 4 heteroatoms. The summed E-state index contributed by atoms with van der Waals surface area (Å²) in [7, 11) is 0. The number of carbonyl (C=O) groups excluding carboxylic acids is 1. The fourth-order valence-corrected chi connectivity index (χ4v) is 3.11. The van der Waals surface area contributed by atoms with Gasteiger partial charge in [-0.2, -0.15) is 0 Å². The molecule has 1 fully saturated rings. The van der Waals surface area contributed by atoms with E-state index in [2.05, 4.69) is 53.8 Å². The van der Waals surface area contributed by atoms with E-state index in [4.69, 9.17) is 4.74 Å². The van der Waals surface area contributed by atoms with Crippen molar-refractivity contribution in [2.24, 2.45) is 5.41 Å². The van der Waals surface area contributed by atoms with Crippen molar-refractivity contribution in [1.82, 2.24) is 5.32 Å². The zero-order chi connectivity index (χ0) is 15.2. The third-order valence-electron chi connectivity index (χ3n) is 4.97. The molecule has 0 bridgehead atoms. The summed E-state index contributed by atoms with van der Waals surface area (Å²) in [5, 5.41) is 3.02. The maximum Gasteiger partial charge on any atom is 0.407 e. The van der Waals surface area contributed by atoms with Crippen molar-refractivity contribution in [3.63, 3.8) is 0 Å². The normalized spacial score (nSPS) is 20.3. The van der Waals surface area contributed by atoms with Gasteiger partial charge in [0, 0.05) is 5.41 Å². The molecule has 1 saturated heterocycles. The van der Waals surface area contributed by atoms with Crippen LogP contribution in [-0.2, 0) is 4.74 Å². The molecular formula is C17H26ClNO2. The summed E-state index contributed by atoms with van der Waals surface area (Å²) in [5.74, 6) is 0. The highest BCUT2D eigenvalue weighted by atomic mass is 35.5. The second-order valence-corrected chi connectivity index (χ2v) is 6.68. The zero-order valence-electron chi connectivity index (χ0n) is 14.0. The topological polar surface area (TPSA) is 38.3 Å². The number of ether oxygens (including phenoxy) is 1. The summed E-state index contributed by atoms with van der Waals surface area (Å²) in [6, 6.07) is 0.00162. The monoisotopic (exact) mass is 311 g/mol. The Labute approximate surface area is 133 Å². The first-order valence-corrected chi connectivity index (χ1v) is 7.17. The van der Waals surface area contributed by atoms with Gasteiger partial charge in [-0.15, -0.1) is 12.4 Å². The number of carbonyl (C=O) groups is 1. The van der Waals surface area contributed by atoms with Crippen LogP contribution in [0.4, 0.5) is 4.79 Å². The fourth-order valence-electron chi connectivity index (χ4n) is 3.11. The molecular weight excluding hydrogens is 286 g/mol. The van der Waals surface area contributed by atoms with E-state index in [0.29, 0.717) is 6.61 Å². The molecule has 1 aromatic rings. The number of halogens is 1. The second kappa shape index (κ2) is 5.88. The molecule has 0 radical (unpaired) electrons. The number of hydrogen-bond acceptors (Lipinski definition) is 2. The van der Waals surface area contributed by atoms with Gasteiger partial charge in [0.05, 0.1) is 6.04 Å². The minimum Gasteiger partial charge on any atom is -0.449 e. The number of benzene rings is 1. The summed E-state index contributed by atoms with van der Waals surface area (Å²) < 4.78 is 5.16. The SMILES string of the molecule is Cc1c(C)c(C)c([C@H]2NC(=O)OCC2(C)C)c(C)c1C.Cl. The summed E-state index contributed by atoms with van der Waals surface area (Å²) in [5.41, 5.74) is 7.70. The number of amides is 1. The molecule has 1 amide bonds. The molecule has 0 aromatic heterocycles. The highest BCUT2D eigenvalue weighted by molar-refractivity contribution is 5.85. The number of alkyl carbamates (subject to hydrolysis) is 1. The summed E-state index contributed by atoms with van der Waals surface area (Å²) >= 11 is 0. The van der Waals surface area contributed by atoms with E-state index >= 15 is 0 Å². The van der Waals surface area contributed by atoms with Crippen LogP contribution in [0.25, 0.3) is 0 Å². The maximum absolute atomic E-state index is 11.7. The van der Waals surface area contributed by atoms with Gasteiger partial charge in [-0.1, -0.05) is 13.8 Å². The molecule has 1 aromatic carbocycles. The van der Waals surface area contributed by atoms with E-state index in [9.17, 15) is 4.79 Å². The van der Waals surface area contributed by atoms with Crippen LogP contribution >= 0.6 is 12.4 Å². The lowest BCUT2D eigenvalue weighted by molar-refractivity contribution is 0.0384. The Kier molecular flexibility index (Phi) is 4.99. The highest BCUT2D eigenvalue weighted by Crippen LogP contribution is 2.41. The molecule has 0 saturated carbocycles. The Hall–Kier alpha value is -1.22. The van der Waals surface area contributed by atoms with Gasteiger partial charge in [-0.05, 0) is 68.0 Å². The Morgan fingerprint density at radius 1 is 0.952 bits per heavy atom. The van der Waals surface area contributed by atoms with Crippen molar-refractivity contribution >= 4 is 18.5 Å². The van der Waals surface area contributed by atoms with E-state index in [1.807, 2.05) is 0 Å². The minimum absolute atomic E-state index is 0. The third kappa shape index (κ3) is 2.89. The second-order valence-electron chi connectivity index (χ2n) is 6.68. The van der Waals surface area contributed by atoms with Crippen LogP contribution in [0.5, 0.6) is 0 Å². The van der Waals surface area contributed by atoms with Gasteiger partial charge in [0.1, 0.15) is 6.61 Å². The molecule has 3 nitrogen and oxygen atoms in total. The van der Waals surface area contributed by atoms with Crippen LogP contribution in [0.15, 0.2) is 0 Å². The first kappa shape index (κ1) is 17.8. The molecule has 1 heterocycles. The van der Waals surface area contributed by atoms with Crippen LogP contribution in [0.3, 0.4) is 0 Å². The molecule has 1 N–H and O–H groups in total. The lowest BCUT2D eigenvalue weighted by Crippen LogP contribution is -2.47. The van der Waals surface area contributed by atoms with Gasteiger partial charge >= 0.3 is 6.09 Å². The fraction of sp³-hybridized carbons (Fsp3) is 0.588. The molecule has 21 heavy (non-hydrogen) atoms. The van der Waals surface area contributed by atoms with Gasteiger partial charge in [0.2, 0.25) is 0 Å². The van der Waals surface area contributed by atoms with Crippen LogP contribution in [0.2, 0.25) is 0 Å². The van der Waals surface area contributed by atoms with Crippen LogP contribution in [-0.4, -0.2) is 12.7 Å². The quantitative estimate of drug-likeness (QED) is 0.831. The van der Waals surface area contributed by atoms with E-state index in [1.165, 1.54) is 33.4 Å². The van der Waals surface area contributed by atoms with Crippen molar-refractivity contribution in [2.45, 2.75) is 54.5 Å². The standard InChI is InChI=1S/C17H25NO2.ClH/c1-9-10(2)12(4)14(13(5)11(9)3)15-17(6,7)8-20-16(19)18-15;/h15H,8H2,1-7H3,(H,18,19);1H/t15-;/m1./s1. The number of nitrogens with one attached hydrogen (secondary N) is 1. The Balaban J connectivity index is 0.00000220. The van der Waals surface area contributed by atoms with Gasteiger partial charge < -0.3 is 10.1 Å². The summed E-state index contributed by atoms with van der Waals surface area (Å²) in [6.45, 7) is 15.5. The smallest absolute Gasteiger partial charge is 0.407 e. The van der Waals surface area contributed by atoms with Crippen molar-refractivity contribution in [1.29, 1.82) is 0 Å². The summed E-state index contributed by atoms with van der Waals surface area (Å²) in [4.78, 5) is 11.7. The van der Waals surface area contributed by atoms with E-state index in [0.717, 1.165) is 0 Å². The predicted molar refractivity (Wildman–Crippen MR) is 88.4 cm³/mol. The molecule has 1 aliphatic rings. The Bertz CT molecular complexity index is 550. The van der Waals surface area contributed by atoms with Crippen molar-refractivity contribution in [3.05, 3.63) is 33.4 Å². The largest absolute Gasteiger partial charge is 0.449 e. The van der Waals surface area contributed by atoms with Gasteiger partial charge in [0.15, 0.2) is 0 Å². The maximum atomic E-state index is 11.7. The van der Waals surface area contributed by atoms with Crippen LogP contribution in [0.1, 0.15) is 53.3 Å². The predicted octanol–water partition coefficient (Wildman–Crippen LogP) is 4.46. The van der Waals surface area contributed by atoms with Gasteiger partial charge in [-0.25, -0.2) is 4.79 Å². The Morgan fingerprint density at radius 2 is 1.38 bits per heavy atom. The molecule has 2 rings (SSSR count). The lowest BCUT2D eigenvalue weighted by Gasteiger charge is -2.40. The lowest BCUT2D eigenvalue weighted by atomic mass is 9.75. The van der Waals surface area contributed by atoms with Crippen LogP contribution in [0, 0.1) is 40.0 Å². The van der Waals surface area contributed by atoms with Crippen molar-refractivity contribution in [3.8, 4) is 0 Å². The molecule has 0 unspecified atom stereocenters. The molecule has 0 aliphatic carbocycles. The van der Waals surface area contributed by atoms with E-state index in [-0.39, 0.29) is 30.0 Å². The number of cyclic esters (lactones) is 1. The zero-order valence-corrected chi connectivity index (χ0v) is 14.8. The average molecular weight is 312 g/mol. The first-order valence-electron chi connectivity index (χ1n) is 7.17. The Morgan fingerprint density at radius 3 is 1.86 bits per heavy atom. The highest BCUT2D eigenvalue weighted by Gasteiger charge is 2.39. The minimum atomic E-state index is -0.316. The van der Waals surface area contributed by atoms with Crippen molar-refractivity contribution < 1.29 is 9.53 Å². The van der Waals surface area contributed by atoms with Gasteiger partial charge in [0.25, 0.3) is 0 Å². The molecule has 0 spiro atoms. The number of hydrogen-bond donors (Lipinski definition) is 1. The average Bonchev–Trinajstić information content (AvgIpc) is 2.39. The number of rotatable bonds is 1. The molecule has 1 aliphatic heterocycles. The van der Waals surface area contributed by atoms with Gasteiger partial charge in [-0.3, -0.25) is 0 Å². The first-order chi connectivity index (χ1) is 9.16.